The Bertz CT molecular complexity index is 512. The summed E-state index contributed by atoms with van der Waals surface area (Å²) in [5.41, 5.74) is 3.64. The first-order valence-corrected chi connectivity index (χ1v) is 6.95. The van der Waals surface area contributed by atoms with Crippen molar-refractivity contribution in [3.05, 3.63) is 53.6 Å². The maximum atomic E-state index is 5.69. The third-order valence-corrected chi connectivity index (χ3v) is 3.05. The van der Waals surface area contributed by atoms with Crippen LogP contribution in [0.2, 0.25) is 0 Å². The smallest absolute Gasteiger partial charge is 0.119 e. The van der Waals surface area contributed by atoms with E-state index in [4.69, 9.17) is 4.74 Å². The number of nitrogens with zero attached hydrogens (tertiary/aromatic N) is 1. The van der Waals surface area contributed by atoms with E-state index in [9.17, 15) is 0 Å². The molecule has 0 atom stereocenters. The minimum absolute atomic E-state index is 0.779. The zero-order valence-electron chi connectivity index (χ0n) is 11.7. The van der Waals surface area contributed by atoms with Crippen molar-refractivity contribution in [2.75, 3.05) is 13.2 Å². The van der Waals surface area contributed by atoms with Crippen LogP contribution in [0.5, 0.6) is 5.75 Å². The molecule has 2 heteroatoms. The van der Waals surface area contributed by atoms with E-state index in [1.54, 1.807) is 0 Å². The van der Waals surface area contributed by atoms with E-state index in [2.05, 4.69) is 30.1 Å². The molecule has 2 nitrogen and oxygen atoms in total. The Kier molecular flexibility index (Phi) is 4.96. The summed E-state index contributed by atoms with van der Waals surface area (Å²) in [6, 6.07) is 6.32. The van der Waals surface area contributed by atoms with Gasteiger partial charge in [-0.2, -0.15) is 0 Å². The van der Waals surface area contributed by atoms with E-state index in [1.807, 2.05) is 31.2 Å². The zero-order valence-corrected chi connectivity index (χ0v) is 11.7. The largest absolute Gasteiger partial charge is 0.494 e. The van der Waals surface area contributed by atoms with Crippen LogP contribution in [-0.4, -0.2) is 18.9 Å². The Morgan fingerprint density at radius 3 is 3.00 bits per heavy atom. The van der Waals surface area contributed by atoms with Crippen molar-refractivity contribution in [3.63, 3.8) is 0 Å². The van der Waals surface area contributed by atoms with Crippen molar-refractivity contribution in [2.24, 2.45) is 4.99 Å². The van der Waals surface area contributed by atoms with Gasteiger partial charge in [0.2, 0.25) is 0 Å². The Labute approximate surface area is 115 Å². The molecule has 2 rings (SSSR count). The lowest BCUT2D eigenvalue weighted by atomic mass is 9.97. The predicted octanol–water partition coefficient (Wildman–Crippen LogP) is 3.95. The highest BCUT2D eigenvalue weighted by molar-refractivity contribution is 6.10. The normalized spacial score (nSPS) is 14.7. The molecule has 0 saturated heterocycles. The Morgan fingerprint density at radius 2 is 2.21 bits per heavy atom. The van der Waals surface area contributed by atoms with Gasteiger partial charge in [0, 0.05) is 12.1 Å². The van der Waals surface area contributed by atoms with Crippen LogP contribution in [0.15, 0.2) is 47.5 Å². The van der Waals surface area contributed by atoms with Crippen LogP contribution in [0.3, 0.4) is 0 Å². The van der Waals surface area contributed by atoms with E-state index in [0.717, 1.165) is 37.5 Å². The number of aliphatic imine (C=N–C) groups is 1. The summed E-state index contributed by atoms with van der Waals surface area (Å²) in [5.74, 6) is 0.972. The first-order chi connectivity index (χ1) is 9.35. The van der Waals surface area contributed by atoms with Crippen LogP contribution in [0.4, 0.5) is 0 Å². The summed E-state index contributed by atoms with van der Waals surface area (Å²) >= 11 is 0. The molecule has 0 amide bonds. The quantitative estimate of drug-likeness (QED) is 0.730. The molecule has 0 unspecified atom stereocenters. The summed E-state index contributed by atoms with van der Waals surface area (Å²) in [6.07, 6.45) is 10.2. The van der Waals surface area contributed by atoms with Crippen LogP contribution in [-0.2, 0) is 6.42 Å². The van der Waals surface area contributed by atoms with Gasteiger partial charge in [-0.25, -0.2) is 0 Å². The monoisotopic (exact) mass is 255 g/mol. The maximum Gasteiger partial charge on any atom is 0.119 e. The van der Waals surface area contributed by atoms with Crippen LogP contribution in [0, 0.1) is 0 Å². The minimum atomic E-state index is 0.779. The fourth-order valence-electron chi connectivity index (χ4n) is 2.12. The number of allylic oxidation sites excluding steroid dienone is 4. The second-order valence-electron chi connectivity index (χ2n) is 4.57. The molecule has 0 aromatic heterocycles. The molecule has 19 heavy (non-hydrogen) atoms. The highest BCUT2D eigenvalue weighted by Crippen LogP contribution is 2.22. The molecule has 100 valence electrons. The van der Waals surface area contributed by atoms with Gasteiger partial charge in [-0.1, -0.05) is 25.2 Å². The number of fused-ring (bicyclic) bond motifs is 1. The van der Waals surface area contributed by atoms with Gasteiger partial charge in [0.05, 0.1) is 12.3 Å². The number of hydrogen-bond donors (Lipinski definition) is 0. The molecule has 1 aliphatic heterocycles. The third kappa shape index (κ3) is 3.57. The average Bonchev–Trinajstić information content (AvgIpc) is 2.45. The summed E-state index contributed by atoms with van der Waals surface area (Å²) in [6.45, 7) is 5.77. The van der Waals surface area contributed by atoms with E-state index in [0.29, 0.717) is 0 Å². The van der Waals surface area contributed by atoms with E-state index in [1.165, 1.54) is 11.1 Å². The van der Waals surface area contributed by atoms with Crippen molar-refractivity contribution in [3.8, 4) is 5.75 Å². The molecule has 1 aliphatic rings. The minimum Gasteiger partial charge on any atom is -0.494 e. The molecule has 1 aromatic carbocycles. The van der Waals surface area contributed by atoms with Crippen molar-refractivity contribution in [1.82, 2.24) is 0 Å². The first kappa shape index (κ1) is 13.6. The van der Waals surface area contributed by atoms with Crippen molar-refractivity contribution in [2.45, 2.75) is 26.7 Å². The second kappa shape index (κ2) is 6.93. The van der Waals surface area contributed by atoms with E-state index >= 15 is 0 Å². The Morgan fingerprint density at radius 1 is 1.32 bits per heavy atom. The van der Waals surface area contributed by atoms with Crippen LogP contribution in [0.1, 0.15) is 31.4 Å². The van der Waals surface area contributed by atoms with Gasteiger partial charge in [0.1, 0.15) is 5.75 Å². The molecular formula is C17H21NO. The van der Waals surface area contributed by atoms with Gasteiger partial charge >= 0.3 is 0 Å². The van der Waals surface area contributed by atoms with Gasteiger partial charge in [-0.3, -0.25) is 4.99 Å². The summed E-state index contributed by atoms with van der Waals surface area (Å²) < 4.78 is 5.69. The van der Waals surface area contributed by atoms with Gasteiger partial charge in [0.15, 0.2) is 0 Å². The van der Waals surface area contributed by atoms with Crippen molar-refractivity contribution < 1.29 is 4.74 Å². The van der Waals surface area contributed by atoms with Gasteiger partial charge in [-0.15, -0.1) is 0 Å². The van der Waals surface area contributed by atoms with Crippen LogP contribution < -0.4 is 4.74 Å². The molecular weight excluding hydrogens is 234 g/mol. The third-order valence-electron chi connectivity index (χ3n) is 3.05. The molecule has 0 saturated carbocycles. The Balaban J connectivity index is 2.20. The molecule has 1 aromatic rings. The fraction of sp³-hybridized carbons (Fsp3) is 0.353. The van der Waals surface area contributed by atoms with Gasteiger partial charge < -0.3 is 4.74 Å². The summed E-state index contributed by atoms with van der Waals surface area (Å²) in [5, 5.41) is 0. The molecule has 0 fully saturated rings. The SMILES string of the molecule is CC=CC=CC1=NCCc2cc(OCCC)ccc21. The lowest BCUT2D eigenvalue weighted by Gasteiger charge is -2.16. The highest BCUT2D eigenvalue weighted by Gasteiger charge is 2.12. The topological polar surface area (TPSA) is 21.6 Å². The highest BCUT2D eigenvalue weighted by atomic mass is 16.5. The molecule has 0 radical (unpaired) electrons. The Hall–Kier alpha value is -1.83. The van der Waals surface area contributed by atoms with Crippen LogP contribution >= 0.6 is 0 Å². The number of rotatable bonds is 5. The molecule has 0 N–H and O–H groups in total. The zero-order chi connectivity index (χ0) is 13.5. The fourth-order valence-corrected chi connectivity index (χ4v) is 2.12. The lowest BCUT2D eigenvalue weighted by Crippen LogP contribution is -2.11. The van der Waals surface area contributed by atoms with Crippen LogP contribution in [0.25, 0.3) is 0 Å². The van der Waals surface area contributed by atoms with E-state index in [-0.39, 0.29) is 0 Å². The summed E-state index contributed by atoms with van der Waals surface area (Å²) in [4.78, 5) is 4.59. The standard InChI is InChI=1S/C17H21NO/c1-3-5-6-7-17-16-9-8-15(19-12-4-2)13-14(16)10-11-18-17/h3,5-9,13H,4,10-12H2,1-2H3. The number of ether oxygens (including phenoxy) is 1. The summed E-state index contributed by atoms with van der Waals surface area (Å²) in [7, 11) is 0. The second-order valence-corrected chi connectivity index (χ2v) is 4.57. The average molecular weight is 255 g/mol. The molecule has 0 aliphatic carbocycles. The van der Waals surface area contributed by atoms with E-state index < -0.39 is 0 Å². The molecule has 0 spiro atoms. The number of benzene rings is 1. The predicted molar refractivity (Wildman–Crippen MR) is 81.3 cm³/mol. The lowest BCUT2D eigenvalue weighted by molar-refractivity contribution is 0.317. The molecule has 0 bridgehead atoms. The van der Waals surface area contributed by atoms with Gasteiger partial charge in [0.25, 0.3) is 0 Å². The van der Waals surface area contributed by atoms with Gasteiger partial charge in [-0.05, 0) is 49.6 Å². The number of hydrogen-bond acceptors (Lipinski definition) is 2. The maximum absolute atomic E-state index is 5.69. The van der Waals surface area contributed by atoms with Crippen molar-refractivity contribution >= 4 is 5.71 Å². The van der Waals surface area contributed by atoms with Crippen molar-refractivity contribution in [1.29, 1.82) is 0 Å². The molecule has 1 heterocycles. The first-order valence-electron chi connectivity index (χ1n) is 6.95.